The molecule has 7 heteroatoms. The number of H-pyrrole nitrogens is 1. The van der Waals surface area contributed by atoms with E-state index in [2.05, 4.69) is 27.5 Å². The summed E-state index contributed by atoms with van der Waals surface area (Å²) in [7, 11) is 0. The molecule has 0 radical (unpaired) electrons. The first-order valence-electron chi connectivity index (χ1n) is 13.6. The van der Waals surface area contributed by atoms with Crippen molar-refractivity contribution in [2.24, 2.45) is 29.6 Å². The number of fused-ring (bicyclic) bond motifs is 2. The lowest BCUT2D eigenvalue weighted by Gasteiger charge is -2.43. The van der Waals surface area contributed by atoms with Crippen molar-refractivity contribution in [3.05, 3.63) is 78.1 Å². The maximum atomic E-state index is 13.3. The standard InChI is InChI=1S/C31H31N5O2/c1-17-11-21-12-22-13-23(14-25(21)22)28(17)36-30(37)19-6-9-26-27(15-19)35-29(34-26)18-4-7-24(8-5-18)33-31(38)20-3-2-10-32-16-20/h2-10,15-17,21-23,25,28H,11-14H2,1H3,(H,33,38)(H,34,35)(H,36,37)/t17-,21-,22+,23+,25?,28?/m1/s1. The number of imidazole rings is 1. The van der Waals surface area contributed by atoms with E-state index < -0.39 is 0 Å². The van der Waals surface area contributed by atoms with E-state index in [0.29, 0.717) is 28.7 Å². The molecule has 4 aromatic rings. The van der Waals surface area contributed by atoms with Gasteiger partial charge in [0.15, 0.2) is 0 Å². The van der Waals surface area contributed by atoms with Crippen molar-refractivity contribution in [2.75, 3.05) is 5.32 Å². The number of pyridine rings is 1. The van der Waals surface area contributed by atoms with Crippen LogP contribution in [-0.2, 0) is 0 Å². The average Bonchev–Trinajstić information content (AvgIpc) is 3.48. The predicted molar refractivity (Wildman–Crippen MR) is 147 cm³/mol. The zero-order valence-corrected chi connectivity index (χ0v) is 21.4. The van der Waals surface area contributed by atoms with Gasteiger partial charge in [0.1, 0.15) is 5.82 Å². The van der Waals surface area contributed by atoms with Crippen molar-refractivity contribution in [1.29, 1.82) is 0 Å². The Morgan fingerprint density at radius 3 is 2.53 bits per heavy atom. The number of hydrogen-bond acceptors (Lipinski definition) is 4. The third-order valence-electron chi connectivity index (χ3n) is 9.17. The minimum absolute atomic E-state index is 0.00707. The fourth-order valence-electron chi connectivity index (χ4n) is 7.27. The van der Waals surface area contributed by atoms with Crippen LogP contribution in [0, 0.1) is 29.6 Å². The van der Waals surface area contributed by atoms with Gasteiger partial charge in [0, 0.05) is 35.2 Å². The molecule has 2 aromatic carbocycles. The van der Waals surface area contributed by atoms with Gasteiger partial charge in [-0.05, 0) is 110 Å². The van der Waals surface area contributed by atoms with Crippen molar-refractivity contribution in [1.82, 2.24) is 20.3 Å². The van der Waals surface area contributed by atoms with Crippen LogP contribution in [0.4, 0.5) is 5.69 Å². The first-order valence-corrected chi connectivity index (χ1v) is 13.6. The largest absolute Gasteiger partial charge is 0.349 e. The van der Waals surface area contributed by atoms with Crippen molar-refractivity contribution in [3.63, 3.8) is 0 Å². The first kappa shape index (κ1) is 23.1. The number of nitrogens with zero attached hydrogens (tertiary/aromatic N) is 2. The Labute approximate surface area is 221 Å². The Morgan fingerprint density at radius 2 is 1.71 bits per heavy atom. The molecule has 192 valence electrons. The summed E-state index contributed by atoms with van der Waals surface area (Å²) in [5, 5.41) is 6.30. The number of anilines is 1. The van der Waals surface area contributed by atoms with Gasteiger partial charge in [0.25, 0.3) is 11.8 Å². The van der Waals surface area contributed by atoms with E-state index in [-0.39, 0.29) is 17.9 Å². The lowest BCUT2D eigenvalue weighted by Crippen LogP contribution is -2.45. The summed E-state index contributed by atoms with van der Waals surface area (Å²) >= 11 is 0. The van der Waals surface area contributed by atoms with Crippen molar-refractivity contribution < 1.29 is 9.59 Å². The molecule has 2 amide bonds. The summed E-state index contributed by atoms with van der Waals surface area (Å²) < 4.78 is 0. The van der Waals surface area contributed by atoms with Gasteiger partial charge in [0.05, 0.1) is 16.6 Å². The molecule has 3 fully saturated rings. The summed E-state index contributed by atoms with van der Waals surface area (Å²) in [5.74, 6) is 4.37. The van der Waals surface area contributed by atoms with Gasteiger partial charge in [-0.1, -0.05) is 6.92 Å². The van der Waals surface area contributed by atoms with Crippen LogP contribution in [-0.4, -0.2) is 32.8 Å². The number of benzene rings is 2. The second kappa shape index (κ2) is 9.08. The van der Waals surface area contributed by atoms with E-state index in [4.69, 9.17) is 4.98 Å². The first-order chi connectivity index (χ1) is 18.5. The molecule has 2 unspecified atom stereocenters. The highest BCUT2D eigenvalue weighted by Crippen LogP contribution is 2.59. The molecule has 0 aliphatic heterocycles. The van der Waals surface area contributed by atoms with Crippen LogP contribution >= 0.6 is 0 Å². The van der Waals surface area contributed by atoms with Gasteiger partial charge in [-0.25, -0.2) is 4.98 Å². The van der Waals surface area contributed by atoms with Crippen molar-refractivity contribution in [3.8, 4) is 11.4 Å². The highest BCUT2D eigenvalue weighted by molar-refractivity contribution is 6.04. The fraction of sp³-hybridized carbons (Fsp3) is 0.355. The summed E-state index contributed by atoms with van der Waals surface area (Å²) in [6, 6.07) is 16.9. The lowest BCUT2D eigenvalue weighted by atomic mass is 9.63. The summed E-state index contributed by atoms with van der Waals surface area (Å²) in [6.07, 6.45) is 8.41. The molecule has 0 saturated heterocycles. The number of hydrogen-bond donors (Lipinski definition) is 3. The number of rotatable bonds is 5. The Balaban J connectivity index is 1.06. The Kier molecular flexibility index (Phi) is 5.53. The lowest BCUT2D eigenvalue weighted by molar-refractivity contribution is 0.0681. The monoisotopic (exact) mass is 505 g/mol. The van der Waals surface area contributed by atoms with Gasteiger partial charge < -0.3 is 15.6 Å². The van der Waals surface area contributed by atoms with Gasteiger partial charge in [0.2, 0.25) is 0 Å². The summed E-state index contributed by atoms with van der Waals surface area (Å²) in [4.78, 5) is 37.8. The van der Waals surface area contributed by atoms with Crippen LogP contribution < -0.4 is 10.6 Å². The Bertz CT molecular complexity index is 1510. The zero-order valence-electron chi connectivity index (χ0n) is 21.4. The molecule has 2 aromatic heterocycles. The Hall–Kier alpha value is -4.00. The maximum Gasteiger partial charge on any atom is 0.257 e. The van der Waals surface area contributed by atoms with Crippen LogP contribution in [0.15, 0.2) is 67.0 Å². The predicted octanol–water partition coefficient (Wildman–Crippen LogP) is 5.68. The molecule has 2 heterocycles. The molecule has 7 rings (SSSR count). The Morgan fingerprint density at radius 1 is 0.895 bits per heavy atom. The molecule has 38 heavy (non-hydrogen) atoms. The van der Waals surface area contributed by atoms with Crippen LogP contribution in [0.2, 0.25) is 0 Å². The minimum Gasteiger partial charge on any atom is -0.349 e. The SMILES string of the molecule is C[C@@H]1C[C@@H]2C[C@H]3C[C@@H](CC32)C1NC(=O)c1ccc2nc(-c3ccc(NC(=O)c4cccnc4)cc3)[nH]c2c1. The molecule has 3 aliphatic carbocycles. The van der Waals surface area contributed by atoms with Crippen molar-refractivity contribution >= 4 is 28.5 Å². The molecule has 3 saturated carbocycles. The molecule has 2 bridgehead atoms. The summed E-state index contributed by atoms with van der Waals surface area (Å²) in [6.45, 7) is 2.32. The molecular formula is C31H31N5O2. The number of carbonyl (C=O) groups excluding carboxylic acids is 2. The molecule has 6 atom stereocenters. The van der Waals surface area contributed by atoms with E-state index >= 15 is 0 Å². The number of aromatic nitrogens is 3. The third kappa shape index (κ3) is 4.06. The highest BCUT2D eigenvalue weighted by Gasteiger charge is 2.53. The van der Waals surface area contributed by atoms with Crippen LogP contribution in [0.25, 0.3) is 22.4 Å². The number of carbonyl (C=O) groups is 2. The topological polar surface area (TPSA) is 99.8 Å². The number of nitrogens with one attached hydrogen (secondary N) is 3. The smallest absolute Gasteiger partial charge is 0.257 e. The normalized spacial score (nSPS) is 27.4. The second-order valence-corrected chi connectivity index (χ2v) is 11.5. The fourth-order valence-corrected chi connectivity index (χ4v) is 7.27. The van der Waals surface area contributed by atoms with Gasteiger partial charge in [-0.3, -0.25) is 14.6 Å². The van der Waals surface area contributed by atoms with E-state index in [0.717, 1.165) is 40.2 Å². The third-order valence-corrected chi connectivity index (χ3v) is 9.17. The maximum absolute atomic E-state index is 13.3. The van der Waals surface area contributed by atoms with E-state index in [1.165, 1.54) is 31.9 Å². The van der Waals surface area contributed by atoms with Gasteiger partial charge in [-0.2, -0.15) is 0 Å². The number of aromatic amines is 1. The van der Waals surface area contributed by atoms with E-state index in [9.17, 15) is 9.59 Å². The average molecular weight is 506 g/mol. The molecule has 0 spiro atoms. The minimum atomic E-state index is -0.205. The molecule has 3 N–H and O–H groups in total. The van der Waals surface area contributed by atoms with Crippen LogP contribution in [0.1, 0.15) is 53.3 Å². The highest BCUT2D eigenvalue weighted by atomic mass is 16.2. The molecule has 7 nitrogen and oxygen atoms in total. The van der Waals surface area contributed by atoms with Crippen molar-refractivity contribution in [2.45, 2.75) is 38.6 Å². The van der Waals surface area contributed by atoms with Crippen LogP contribution in [0.3, 0.4) is 0 Å². The summed E-state index contributed by atoms with van der Waals surface area (Å²) in [5.41, 5.74) is 4.40. The second-order valence-electron chi connectivity index (χ2n) is 11.5. The number of amides is 2. The quantitative estimate of drug-likeness (QED) is 0.325. The zero-order chi connectivity index (χ0) is 25.8. The van der Waals surface area contributed by atoms with Gasteiger partial charge >= 0.3 is 0 Å². The van der Waals surface area contributed by atoms with E-state index in [1.807, 2.05) is 42.5 Å². The van der Waals surface area contributed by atoms with Crippen LogP contribution in [0.5, 0.6) is 0 Å². The van der Waals surface area contributed by atoms with Gasteiger partial charge in [-0.15, -0.1) is 0 Å². The molecule has 3 aliphatic rings. The molecular weight excluding hydrogens is 474 g/mol. The van der Waals surface area contributed by atoms with E-state index in [1.54, 1.807) is 18.3 Å².